The average Bonchev–Trinajstić information content (AvgIpc) is 3.23. The Bertz CT molecular complexity index is 948. The molecule has 0 radical (unpaired) electrons. The molecule has 0 spiro atoms. The van der Waals surface area contributed by atoms with Crippen molar-refractivity contribution in [1.82, 2.24) is 4.90 Å². The van der Waals surface area contributed by atoms with Gasteiger partial charge in [-0.1, -0.05) is 18.8 Å². The number of hydrogen-bond donors (Lipinski definition) is 1. The molecule has 1 saturated heterocycles. The van der Waals surface area contributed by atoms with Crippen molar-refractivity contribution in [2.24, 2.45) is 0 Å². The molecule has 1 heterocycles. The molecule has 1 aliphatic heterocycles. The summed E-state index contributed by atoms with van der Waals surface area (Å²) < 4.78 is 101. The Hall–Kier alpha value is -1.30. The molecular formula is C20H31NO4. The van der Waals surface area contributed by atoms with Crippen LogP contribution in [0.15, 0.2) is 18.2 Å². The van der Waals surface area contributed by atoms with Crippen molar-refractivity contribution >= 4 is 0 Å². The summed E-state index contributed by atoms with van der Waals surface area (Å²) in [5, 5.41) is 10.0. The second kappa shape index (κ2) is 8.88. The van der Waals surface area contributed by atoms with Gasteiger partial charge in [-0.25, -0.2) is 0 Å². The lowest BCUT2D eigenvalue weighted by molar-refractivity contribution is -0.0316. The van der Waals surface area contributed by atoms with E-state index < -0.39 is 50.3 Å². The van der Waals surface area contributed by atoms with Gasteiger partial charge >= 0.3 is 0 Å². The highest BCUT2D eigenvalue weighted by Gasteiger charge is 2.34. The number of ether oxygens (including phenoxy) is 3. The molecule has 5 heteroatoms. The maximum atomic E-state index is 10.0. The minimum Gasteiger partial charge on any atom is -0.493 e. The van der Waals surface area contributed by atoms with E-state index in [0.717, 1.165) is 4.90 Å². The molecule has 1 N–H and O–H groups in total. The van der Waals surface area contributed by atoms with Crippen LogP contribution in [0.4, 0.5) is 0 Å². The van der Waals surface area contributed by atoms with Crippen LogP contribution in [0.5, 0.6) is 11.5 Å². The summed E-state index contributed by atoms with van der Waals surface area (Å²) in [7, 11) is 2.92. The third-order valence-electron chi connectivity index (χ3n) is 4.20. The van der Waals surface area contributed by atoms with Crippen molar-refractivity contribution < 1.29 is 33.0 Å². The highest BCUT2D eigenvalue weighted by atomic mass is 16.5. The number of hydrogen-bond acceptors (Lipinski definition) is 5. The zero-order valence-corrected chi connectivity index (χ0v) is 14.5. The molecule has 0 unspecified atom stereocenters. The molecule has 3 atom stereocenters. The van der Waals surface area contributed by atoms with E-state index in [0.29, 0.717) is 17.1 Å². The van der Waals surface area contributed by atoms with Gasteiger partial charge in [0.1, 0.15) is 0 Å². The molecule has 1 saturated carbocycles. The number of nitrogens with zero attached hydrogens (tertiary/aromatic N) is 1. The fourth-order valence-electron chi connectivity index (χ4n) is 2.87. The van der Waals surface area contributed by atoms with Crippen LogP contribution in [0, 0.1) is 0 Å². The lowest BCUT2D eigenvalue weighted by atomic mass is 9.91. The highest BCUT2D eigenvalue weighted by molar-refractivity contribution is 5.42. The van der Waals surface area contributed by atoms with Gasteiger partial charge in [0.15, 0.2) is 11.5 Å². The number of aliphatic hydroxyl groups excluding tert-OH is 1. The van der Waals surface area contributed by atoms with E-state index in [1.54, 1.807) is 18.2 Å². The van der Waals surface area contributed by atoms with E-state index in [9.17, 15) is 5.11 Å². The molecule has 0 amide bonds. The predicted molar refractivity (Wildman–Crippen MR) is 97.4 cm³/mol. The van der Waals surface area contributed by atoms with Crippen LogP contribution in [0.3, 0.4) is 0 Å². The largest absolute Gasteiger partial charge is 0.493 e. The number of benzene rings is 1. The van der Waals surface area contributed by atoms with Crippen LogP contribution >= 0.6 is 0 Å². The van der Waals surface area contributed by atoms with Crippen LogP contribution < -0.4 is 9.47 Å². The van der Waals surface area contributed by atoms with E-state index in [1.165, 1.54) is 14.2 Å². The van der Waals surface area contributed by atoms with Crippen LogP contribution in [0.1, 0.15) is 51.2 Å². The monoisotopic (exact) mass is 359 g/mol. The van der Waals surface area contributed by atoms with Crippen LogP contribution in [-0.2, 0) is 11.2 Å². The van der Waals surface area contributed by atoms with E-state index in [1.807, 2.05) is 0 Å². The number of likely N-dealkylation sites (tertiary alicyclic amines) is 1. The van der Waals surface area contributed by atoms with Gasteiger partial charge in [-0.2, -0.15) is 0 Å². The summed E-state index contributed by atoms with van der Waals surface area (Å²) in [5.74, 6) is 0.888. The number of β-amino-alcohol motifs (C(OH)–C–C–N with tert-alkyl or cyclic N) is 1. The second-order valence-corrected chi connectivity index (χ2v) is 5.85. The van der Waals surface area contributed by atoms with Crippen molar-refractivity contribution in [1.29, 1.82) is 0 Å². The Balaban J connectivity index is 2.04. The molecule has 0 bridgehead atoms. The highest BCUT2D eigenvalue weighted by Crippen LogP contribution is 2.30. The Morgan fingerprint density at radius 2 is 2.04 bits per heavy atom. The molecular weight excluding hydrogens is 318 g/mol. The van der Waals surface area contributed by atoms with Gasteiger partial charge in [-0.3, -0.25) is 4.90 Å². The van der Waals surface area contributed by atoms with E-state index in [2.05, 4.69) is 0 Å². The Morgan fingerprint density at radius 1 is 1.24 bits per heavy atom. The van der Waals surface area contributed by atoms with Gasteiger partial charge in [-0.05, 0) is 43.3 Å². The fourth-order valence-corrected chi connectivity index (χ4v) is 2.87. The topological polar surface area (TPSA) is 51.2 Å². The van der Waals surface area contributed by atoms with Crippen molar-refractivity contribution in [3.63, 3.8) is 0 Å². The van der Waals surface area contributed by atoms with Crippen molar-refractivity contribution in [3.8, 4) is 11.5 Å². The third-order valence-corrected chi connectivity index (χ3v) is 4.20. The molecule has 140 valence electrons. The summed E-state index contributed by atoms with van der Waals surface area (Å²) in [5.41, 5.74) is 0.635. The average molecular weight is 360 g/mol. The molecule has 2 aliphatic rings. The summed E-state index contributed by atoms with van der Waals surface area (Å²) in [4.78, 5) is 0.992. The normalized spacial score (nSPS) is 47.2. The first-order chi connectivity index (χ1) is 16.0. The van der Waals surface area contributed by atoms with Crippen molar-refractivity contribution in [2.45, 2.75) is 56.5 Å². The first-order valence-corrected chi connectivity index (χ1v) is 8.24. The minimum absolute atomic E-state index is 0.0780. The number of rotatable bonds is 7. The lowest BCUT2D eigenvalue weighted by Crippen LogP contribution is -2.46. The van der Waals surface area contributed by atoms with Crippen LogP contribution in [0.25, 0.3) is 0 Å². The first-order valence-electron chi connectivity index (χ1n) is 13.2. The molecule has 1 aromatic rings. The zero-order valence-electron chi connectivity index (χ0n) is 24.5. The molecule has 2 fully saturated rings. The van der Waals surface area contributed by atoms with E-state index >= 15 is 0 Å². The van der Waals surface area contributed by atoms with Gasteiger partial charge in [-0.15, -0.1) is 0 Å². The standard InChI is InChI=1S/C20H31NO4/c1-23-19-8-7-15(13-20(19)24-2)10-12-25-18-6-4-3-5-17(18)21-11-9-16(22)14-21/h7-8,13,16-18,22H,3-6,9-12,14H2,1-2H3/t16-,17-,18-/m1/s1/i3D2,4D2,5D2,6D2,17D,18D. The molecule has 1 aromatic carbocycles. The first kappa shape index (κ1) is 9.58. The quantitative estimate of drug-likeness (QED) is 0.811. The fraction of sp³-hybridized carbons (Fsp3) is 0.700. The molecule has 25 heavy (non-hydrogen) atoms. The summed E-state index contributed by atoms with van der Waals surface area (Å²) in [6.07, 6.45) is -17.9. The van der Waals surface area contributed by atoms with Gasteiger partial charge in [0.2, 0.25) is 0 Å². The third kappa shape index (κ3) is 4.66. The Kier molecular flexibility index (Phi) is 3.40. The lowest BCUT2D eigenvalue weighted by Gasteiger charge is -2.37. The summed E-state index contributed by atoms with van der Waals surface area (Å²) in [6.45, 7) is -0.818. The molecule has 0 aromatic heterocycles. The Morgan fingerprint density at radius 3 is 2.76 bits per heavy atom. The zero-order chi connectivity index (χ0) is 26.7. The van der Waals surface area contributed by atoms with Crippen LogP contribution in [0.2, 0.25) is 0 Å². The van der Waals surface area contributed by atoms with Crippen molar-refractivity contribution in [2.75, 3.05) is 33.9 Å². The molecule has 1 aliphatic carbocycles. The molecule has 5 nitrogen and oxygen atoms in total. The number of methoxy groups -OCH3 is 2. The predicted octanol–water partition coefficient (Wildman–Crippen LogP) is 2.64. The smallest absolute Gasteiger partial charge is 0.160 e. The SMILES string of the molecule is [2H]C1([2H])C([2H])([2H])C([2H])([2H])[C@@]([2H])(N2CC[C@@H](O)C2)[C@]([2H])(OCCc2ccc(OC)c(OC)c2)C1([2H])[2H]. The van der Waals surface area contributed by atoms with Gasteiger partial charge in [0.25, 0.3) is 0 Å². The van der Waals surface area contributed by atoms with Gasteiger partial charge < -0.3 is 19.3 Å². The second-order valence-electron chi connectivity index (χ2n) is 5.85. The van der Waals surface area contributed by atoms with Crippen molar-refractivity contribution in [3.05, 3.63) is 23.8 Å². The summed E-state index contributed by atoms with van der Waals surface area (Å²) in [6, 6.07) is 1.92. The minimum atomic E-state index is -3.53. The molecule has 3 rings (SSSR count). The number of aliphatic hydroxyl groups is 1. The maximum Gasteiger partial charge on any atom is 0.160 e. The Labute approximate surface area is 164 Å². The van der Waals surface area contributed by atoms with Gasteiger partial charge in [0, 0.05) is 31.4 Å². The summed E-state index contributed by atoms with van der Waals surface area (Å²) >= 11 is 0. The maximum absolute atomic E-state index is 10.0. The van der Waals surface area contributed by atoms with E-state index in [-0.39, 0.29) is 25.9 Å². The van der Waals surface area contributed by atoms with E-state index in [4.69, 9.17) is 27.9 Å². The van der Waals surface area contributed by atoms with Crippen LogP contribution in [-0.4, -0.2) is 62.1 Å². The van der Waals surface area contributed by atoms with Gasteiger partial charge in [0.05, 0.1) is 34.4 Å².